The van der Waals surface area contributed by atoms with E-state index < -0.39 is 0 Å². The van der Waals surface area contributed by atoms with Crippen molar-refractivity contribution in [3.8, 4) is 0 Å². The Balaban J connectivity index is 2.42. The molecular formula is C12H16S2. The van der Waals surface area contributed by atoms with Crippen LogP contribution in [0.3, 0.4) is 0 Å². The summed E-state index contributed by atoms with van der Waals surface area (Å²) in [6, 6.07) is 2.36. The summed E-state index contributed by atoms with van der Waals surface area (Å²) in [5.41, 5.74) is 1.43. The maximum absolute atomic E-state index is 2.43. The zero-order valence-electron chi connectivity index (χ0n) is 9.09. The zero-order valence-corrected chi connectivity index (χ0v) is 10.8. The van der Waals surface area contributed by atoms with E-state index in [4.69, 9.17) is 0 Å². The summed E-state index contributed by atoms with van der Waals surface area (Å²) in [5.74, 6) is 0. The van der Waals surface area contributed by atoms with Gasteiger partial charge in [-0.1, -0.05) is 6.08 Å². The molecule has 0 fully saturated rings. The van der Waals surface area contributed by atoms with Crippen molar-refractivity contribution in [2.24, 2.45) is 0 Å². The highest BCUT2D eigenvalue weighted by Crippen LogP contribution is 2.52. The summed E-state index contributed by atoms with van der Waals surface area (Å²) in [6.45, 7) is 8.89. The van der Waals surface area contributed by atoms with Gasteiger partial charge >= 0.3 is 0 Å². The van der Waals surface area contributed by atoms with Gasteiger partial charge in [0.2, 0.25) is 0 Å². The van der Waals surface area contributed by atoms with Crippen LogP contribution in [0.1, 0.15) is 23.6 Å². The fraction of sp³-hybridized carbons (Fsp3) is 0.333. The molecule has 0 aliphatic carbocycles. The van der Waals surface area contributed by atoms with Crippen molar-refractivity contribution in [1.82, 2.24) is 0 Å². The van der Waals surface area contributed by atoms with Gasteiger partial charge in [-0.05, 0) is 49.6 Å². The predicted octanol–water partition coefficient (Wildman–Crippen LogP) is 4.55. The van der Waals surface area contributed by atoms with Crippen LogP contribution >= 0.6 is 22.2 Å². The number of hydrogen-bond donors (Lipinski definition) is 1. The summed E-state index contributed by atoms with van der Waals surface area (Å²) in [6.07, 6.45) is 2.32. The number of aryl methyl sites for hydroxylation is 2. The van der Waals surface area contributed by atoms with Gasteiger partial charge in [0.05, 0.1) is 0 Å². The normalized spacial score (nSPS) is 23.6. The molecule has 1 aliphatic rings. The third kappa shape index (κ3) is 1.69. The Morgan fingerprint density at radius 1 is 1.14 bits per heavy atom. The SMILES string of the molecule is CC1=C[SH](c2cc(C)sc2C)C(C)=C1. The van der Waals surface area contributed by atoms with Crippen LogP contribution < -0.4 is 0 Å². The minimum Gasteiger partial charge on any atom is -0.182 e. The third-order valence-electron chi connectivity index (χ3n) is 2.42. The van der Waals surface area contributed by atoms with Crippen molar-refractivity contribution in [3.63, 3.8) is 0 Å². The minimum atomic E-state index is -0.131. The van der Waals surface area contributed by atoms with Crippen molar-refractivity contribution in [2.75, 3.05) is 0 Å². The molecule has 1 atom stereocenters. The first-order chi connectivity index (χ1) is 6.58. The number of hydrogen-bond acceptors (Lipinski definition) is 1. The van der Waals surface area contributed by atoms with Crippen LogP contribution in [0.4, 0.5) is 0 Å². The molecule has 0 N–H and O–H groups in total. The molecule has 0 saturated carbocycles. The second-order valence-corrected chi connectivity index (χ2v) is 7.47. The summed E-state index contributed by atoms with van der Waals surface area (Å²) >= 11 is 1.92. The molecule has 14 heavy (non-hydrogen) atoms. The van der Waals surface area contributed by atoms with Crippen molar-refractivity contribution in [3.05, 3.63) is 37.8 Å². The van der Waals surface area contributed by atoms with E-state index in [0.717, 1.165) is 0 Å². The lowest BCUT2D eigenvalue weighted by Crippen LogP contribution is -1.77. The van der Waals surface area contributed by atoms with Gasteiger partial charge in [-0.25, -0.2) is 0 Å². The van der Waals surface area contributed by atoms with Gasteiger partial charge in [0.15, 0.2) is 0 Å². The molecule has 1 aromatic rings. The Labute approximate surface area is 92.7 Å². The Bertz CT molecular complexity index is 422. The largest absolute Gasteiger partial charge is 0.182 e. The first-order valence-electron chi connectivity index (χ1n) is 4.81. The minimum absolute atomic E-state index is 0.131. The average Bonchev–Trinajstić information content (AvgIpc) is 2.55. The zero-order chi connectivity index (χ0) is 10.3. The molecule has 1 aromatic heterocycles. The summed E-state index contributed by atoms with van der Waals surface area (Å²) in [5, 5.41) is 2.43. The average molecular weight is 224 g/mol. The number of rotatable bonds is 1. The van der Waals surface area contributed by atoms with Crippen molar-refractivity contribution < 1.29 is 0 Å². The van der Waals surface area contributed by atoms with Crippen LogP contribution in [0, 0.1) is 13.8 Å². The maximum atomic E-state index is 2.43. The fourth-order valence-electron chi connectivity index (χ4n) is 1.86. The van der Waals surface area contributed by atoms with Crippen LogP contribution in [0.15, 0.2) is 32.9 Å². The van der Waals surface area contributed by atoms with Gasteiger partial charge in [0.25, 0.3) is 0 Å². The molecule has 2 rings (SSSR count). The van der Waals surface area contributed by atoms with E-state index in [1.807, 2.05) is 11.3 Å². The third-order valence-corrected chi connectivity index (χ3v) is 6.08. The van der Waals surface area contributed by atoms with E-state index >= 15 is 0 Å². The Kier molecular flexibility index (Phi) is 2.58. The van der Waals surface area contributed by atoms with Crippen molar-refractivity contribution in [1.29, 1.82) is 0 Å². The highest BCUT2D eigenvalue weighted by Gasteiger charge is 2.15. The van der Waals surface area contributed by atoms with E-state index in [0.29, 0.717) is 0 Å². The van der Waals surface area contributed by atoms with Gasteiger partial charge in [-0.2, -0.15) is 10.9 Å². The lowest BCUT2D eigenvalue weighted by molar-refractivity contribution is 1.40. The number of allylic oxidation sites excluding steroid dienone is 3. The van der Waals surface area contributed by atoms with E-state index in [-0.39, 0.29) is 10.9 Å². The van der Waals surface area contributed by atoms with Crippen molar-refractivity contribution >= 4 is 22.2 Å². The van der Waals surface area contributed by atoms with Gasteiger partial charge in [-0.3, -0.25) is 0 Å². The van der Waals surface area contributed by atoms with Gasteiger partial charge in [-0.15, -0.1) is 11.3 Å². The second kappa shape index (κ2) is 3.59. The van der Waals surface area contributed by atoms with Crippen LogP contribution in [0.5, 0.6) is 0 Å². The predicted molar refractivity (Wildman–Crippen MR) is 68.6 cm³/mol. The van der Waals surface area contributed by atoms with Gasteiger partial charge in [0, 0.05) is 14.6 Å². The quantitative estimate of drug-likeness (QED) is 0.665. The molecule has 2 heteroatoms. The Hall–Kier alpha value is -0.470. The maximum Gasteiger partial charge on any atom is 0.0142 e. The summed E-state index contributed by atoms with van der Waals surface area (Å²) < 4.78 is 0. The van der Waals surface area contributed by atoms with Gasteiger partial charge in [0.1, 0.15) is 0 Å². The molecular weight excluding hydrogens is 208 g/mol. The number of thiophene rings is 1. The van der Waals surface area contributed by atoms with Crippen LogP contribution in [0.25, 0.3) is 0 Å². The van der Waals surface area contributed by atoms with Gasteiger partial charge < -0.3 is 0 Å². The van der Waals surface area contributed by atoms with Crippen LogP contribution in [-0.4, -0.2) is 0 Å². The Morgan fingerprint density at radius 2 is 1.86 bits per heavy atom. The molecule has 0 saturated heterocycles. The molecule has 0 spiro atoms. The molecule has 0 amide bonds. The first-order valence-corrected chi connectivity index (χ1v) is 7.03. The fourth-order valence-corrected chi connectivity index (χ4v) is 5.42. The first kappa shape index (κ1) is 10.1. The van der Waals surface area contributed by atoms with Crippen LogP contribution in [-0.2, 0) is 0 Å². The highest BCUT2D eigenvalue weighted by atomic mass is 32.2. The van der Waals surface area contributed by atoms with Crippen LogP contribution in [0.2, 0.25) is 0 Å². The lowest BCUT2D eigenvalue weighted by atomic mass is 10.3. The molecule has 0 radical (unpaired) electrons. The topological polar surface area (TPSA) is 0 Å². The van der Waals surface area contributed by atoms with E-state index in [1.54, 1.807) is 9.80 Å². The standard InChI is InChI=1S/C12H16S2/c1-8-5-10(3)14(7-8)12-6-9(2)13-11(12)4/h5-7,14H,1-4H3. The Morgan fingerprint density at radius 3 is 2.29 bits per heavy atom. The van der Waals surface area contributed by atoms with E-state index in [2.05, 4.69) is 45.2 Å². The molecule has 0 bridgehead atoms. The molecule has 1 aliphatic heterocycles. The molecule has 0 nitrogen and oxygen atoms in total. The summed E-state index contributed by atoms with van der Waals surface area (Å²) in [4.78, 5) is 6.03. The highest BCUT2D eigenvalue weighted by molar-refractivity contribution is 8.23. The molecule has 1 unspecified atom stereocenters. The smallest absolute Gasteiger partial charge is 0.0142 e. The molecule has 2 heterocycles. The number of thiol groups is 1. The molecule has 0 aromatic carbocycles. The summed E-state index contributed by atoms with van der Waals surface area (Å²) in [7, 11) is -0.131. The van der Waals surface area contributed by atoms with Crippen molar-refractivity contribution in [2.45, 2.75) is 32.6 Å². The monoisotopic (exact) mass is 224 g/mol. The molecule has 76 valence electrons. The second-order valence-electron chi connectivity index (χ2n) is 3.83. The lowest BCUT2D eigenvalue weighted by Gasteiger charge is -2.14. The van der Waals surface area contributed by atoms with E-state index in [1.165, 1.54) is 15.3 Å². The van der Waals surface area contributed by atoms with E-state index in [9.17, 15) is 0 Å².